The maximum absolute atomic E-state index is 11.3. The van der Waals surface area contributed by atoms with Gasteiger partial charge in [0.1, 0.15) is 0 Å². The summed E-state index contributed by atoms with van der Waals surface area (Å²) in [4.78, 5) is 16.1. The number of hydrogen-bond donors (Lipinski definition) is 2. The highest BCUT2D eigenvalue weighted by atomic mass is 16.2. The van der Waals surface area contributed by atoms with Crippen LogP contribution in [0.15, 0.2) is 18.5 Å². The number of carbonyl (C=O) groups is 1. The van der Waals surface area contributed by atoms with Crippen molar-refractivity contribution in [3.8, 4) is 0 Å². The molecule has 1 aliphatic rings. The van der Waals surface area contributed by atoms with Gasteiger partial charge in [-0.2, -0.15) is 0 Å². The van der Waals surface area contributed by atoms with E-state index in [1.807, 2.05) is 18.5 Å². The molecule has 4 nitrogen and oxygen atoms in total. The minimum Gasteiger partial charge on any atom is -0.367 e. The van der Waals surface area contributed by atoms with Crippen molar-refractivity contribution in [3.63, 3.8) is 0 Å². The summed E-state index contributed by atoms with van der Waals surface area (Å²) in [6.07, 6.45) is 4.25. The zero-order valence-electron chi connectivity index (χ0n) is 7.36. The molecule has 1 saturated heterocycles. The van der Waals surface area contributed by atoms with Crippen molar-refractivity contribution in [2.45, 2.75) is 19.0 Å². The molecule has 1 atom stereocenters. The number of amides is 1. The lowest BCUT2D eigenvalue weighted by atomic mass is 10.3. The van der Waals surface area contributed by atoms with Crippen LogP contribution in [0.3, 0.4) is 0 Å². The number of nitrogens with one attached hydrogen (secondary N) is 1. The van der Waals surface area contributed by atoms with Crippen LogP contribution in [-0.4, -0.2) is 28.4 Å². The van der Waals surface area contributed by atoms with Gasteiger partial charge in [0.25, 0.3) is 0 Å². The highest BCUT2D eigenvalue weighted by Crippen LogP contribution is 2.12. The molecule has 0 aromatic carbocycles. The summed E-state index contributed by atoms with van der Waals surface area (Å²) in [6, 6.07) is 1.99. The van der Waals surface area contributed by atoms with Crippen LogP contribution in [0.4, 0.5) is 0 Å². The Hall–Kier alpha value is -1.29. The van der Waals surface area contributed by atoms with E-state index in [2.05, 4.69) is 4.98 Å². The molecule has 3 N–H and O–H groups in total. The van der Waals surface area contributed by atoms with Crippen LogP contribution in [0.5, 0.6) is 0 Å². The minimum atomic E-state index is 0.0199. The second-order valence-electron chi connectivity index (χ2n) is 3.46. The molecule has 4 heteroatoms. The molecule has 1 unspecified atom stereocenters. The molecular formula is C9H13N3O. The quantitative estimate of drug-likeness (QED) is 0.675. The van der Waals surface area contributed by atoms with E-state index in [1.54, 1.807) is 4.90 Å². The Morgan fingerprint density at radius 3 is 3.08 bits per heavy atom. The Morgan fingerprint density at radius 1 is 1.69 bits per heavy atom. The van der Waals surface area contributed by atoms with Gasteiger partial charge in [-0.05, 0) is 11.6 Å². The van der Waals surface area contributed by atoms with Crippen molar-refractivity contribution in [1.82, 2.24) is 9.88 Å². The van der Waals surface area contributed by atoms with Gasteiger partial charge in [-0.1, -0.05) is 0 Å². The lowest BCUT2D eigenvalue weighted by Crippen LogP contribution is -2.27. The van der Waals surface area contributed by atoms with E-state index in [0.717, 1.165) is 5.56 Å². The third kappa shape index (κ3) is 1.72. The third-order valence-corrected chi connectivity index (χ3v) is 2.28. The van der Waals surface area contributed by atoms with Gasteiger partial charge in [-0.25, -0.2) is 0 Å². The molecule has 1 aromatic rings. The topological polar surface area (TPSA) is 62.1 Å². The molecule has 1 aromatic heterocycles. The van der Waals surface area contributed by atoms with Crippen LogP contribution >= 0.6 is 0 Å². The highest BCUT2D eigenvalue weighted by molar-refractivity contribution is 5.79. The van der Waals surface area contributed by atoms with Crippen LogP contribution in [-0.2, 0) is 11.3 Å². The molecule has 1 amide bonds. The Balaban J connectivity index is 1.99. The number of carbonyl (C=O) groups excluding carboxylic acids is 1. The number of rotatable bonds is 2. The van der Waals surface area contributed by atoms with Gasteiger partial charge < -0.3 is 15.6 Å². The molecule has 0 bridgehead atoms. The first-order valence-electron chi connectivity index (χ1n) is 4.41. The predicted molar refractivity (Wildman–Crippen MR) is 48.8 cm³/mol. The summed E-state index contributed by atoms with van der Waals surface area (Å²) in [5.74, 6) is 0.161. The number of nitrogens with zero attached hydrogens (tertiary/aromatic N) is 1. The molecule has 0 aliphatic carbocycles. The molecule has 2 rings (SSSR count). The van der Waals surface area contributed by atoms with Crippen molar-refractivity contribution in [2.24, 2.45) is 5.73 Å². The summed E-state index contributed by atoms with van der Waals surface area (Å²) < 4.78 is 0. The Bertz CT molecular complexity index is 294. The Morgan fingerprint density at radius 2 is 2.54 bits per heavy atom. The lowest BCUT2D eigenvalue weighted by molar-refractivity contribution is -0.128. The maximum Gasteiger partial charge on any atom is 0.224 e. The van der Waals surface area contributed by atoms with Gasteiger partial charge in [0.15, 0.2) is 0 Å². The molecule has 1 aliphatic heterocycles. The van der Waals surface area contributed by atoms with E-state index in [1.165, 1.54) is 0 Å². The van der Waals surface area contributed by atoms with E-state index in [9.17, 15) is 4.79 Å². The summed E-state index contributed by atoms with van der Waals surface area (Å²) >= 11 is 0. The molecule has 2 heterocycles. The van der Waals surface area contributed by atoms with Gasteiger partial charge >= 0.3 is 0 Å². The van der Waals surface area contributed by atoms with Gasteiger partial charge in [0.05, 0.1) is 0 Å². The first kappa shape index (κ1) is 8.31. The number of aromatic amines is 1. The normalized spacial score (nSPS) is 22.7. The second-order valence-corrected chi connectivity index (χ2v) is 3.46. The smallest absolute Gasteiger partial charge is 0.224 e. The number of aromatic nitrogens is 1. The Labute approximate surface area is 76.7 Å². The number of H-pyrrole nitrogens is 1. The van der Waals surface area contributed by atoms with Crippen LogP contribution in [0, 0.1) is 0 Å². The molecular weight excluding hydrogens is 166 g/mol. The minimum absolute atomic E-state index is 0.0199. The first-order valence-corrected chi connectivity index (χ1v) is 4.41. The zero-order valence-corrected chi connectivity index (χ0v) is 7.36. The van der Waals surface area contributed by atoms with Gasteiger partial charge in [0, 0.05) is 37.9 Å². The van der Waals surface area contributed by atoms with Crippen LogP contribution < -0.4 is 5.73 Å². The molecule has 0 saturated carbocycles. The lowest BCUT2D eigenvalue weighted by Gasteiger charge is -2.14. The standard InChI is InChI=1S/C9H13N3O/c10-8-3-9(13)12(6-8)5-7-1-2-11-4-7/h1-2,4,8,11H,3,5-6,10H2. The second kappa shape index (κ2) is 3.22. The van der Waals surface area contributed by atoms with Crippen molar-refractivity contribution in [3.05, 3.63) is 24.0 Å². The maximum atomic E-state index is 11.3. The largest absolute Gasteiger partial charge is 0.367 e. The SMILES string of the molecule is NC1CC(=O)N(Cc2cc[nH]c2)C1. The van der Waals surface area contributed by atoms with E-state index in [-0.39, 0.29) is 11.9 Å². The predicted octanol–water partition coefficient (Wildman–Crippen LogP) is 0.0743. The van der Waals surface area contributed by atoms with E-state index in [4.69, 9.17) is 5.73 Å². The third-order valence-electron chi connectivity index (χ3n) is 2.28. The Kier molecular flexibility index (Phi) is 2.06. The average molecular weight is 179 g/mol. The monoisotopic (exact) mass is 179 g/mol. The van der Waals surface area contributed by atoms with Crippen LogP contribution in [0.1, 0.15) is 12.0 Å². The van der Waals surface area contributed by atoms with Crippen molar-refractivity contribution in [2.75, 3.05) is 6.54 Å². The van der Waals surface area contributed by atoms with Gasteiger partial charge in [0.2, 0.25) is 5.91 Å². The van der Waals surface area contributed by atoms with E-state index in [0.29, 0.717) is 19.5 Å². The first-order chi connectivity index (χ1) is 6.25. The van der Waals surface area contributed by atoms with Crippen molar-refractivity contribution in [1.29, 1.82) is 0 Å². The molecule has 0 spiro atoms. The number of likely N-dealkylation sites (tertiary alicyclic amines) is 1. The number of nitrogens with two attached hydrogens (primary N) is 1. The summed E-state index contributed by atoms with van der Waals surface area (Å²) in [6.45, 7) is 1.36. The molecule has 0 radical (unpaired) electrons. The highest BCUT2D eigenvalue weighted by Gasteiger charge is 2.26. The van der Waals surface area contributed by atoms with Gasteiger partial charge in [-0.3, -0.25) is 4.79 Å². The van der Waals surface area contributed by atoms with Crippen LogP contribution in [0.25, 0.3) is 0 Å². The molecule has 70 valence electrons. The fourth-order valence-electron chi connectivity index (χ4n) is 1.63. The fraction of sp³-hybridized carbons (Fsp3) is 0.444. The van der Waals surface area contributed by atoms with Crippen molar-refractivity contribution >= 4 is 5.91 Å². The van der Waals surface area contributed by atoms with Gasteiger partial charge in [-0.15, -0.1) is 0 Å². The zero-order chi connectivity index (χ0) is 9.26. The van der Waals surface area contributed by atoms with E-state index < -0.39 is 0 Å². The fourth-order valence-corrected chi connectivity index (χ4v) is 1.63. The summed E-state index contributed by atoms with van der Waals surface area (Å²) in [5, 5.41) is 0. The van der Waals surface area contributed by atoms with Crippen molar-refractivity contribution < 1.29 is 4.79 Å². The molecule has 1 fully saturated rings. The summed E-state index contributed by atoms with van der Waals surface area (Å²) in [7, 11) is 0. The van der Waals surface area contributed by atoms with Crippen LogP contribution in [0.2, 0.25) is 0 Å². The van der Waals surface area contributed by atoms with E-state index >= 15 is 0 Å². The summed E-state index contributed by atoms with van der Waals surface area (Å²) in [5.41, 5.74) is 6.80. The molecule has 13 heavy (non-hydrogen) atoms. The number of hydrogen-bond acceptors (Lipinski definition) is 2. The average Bonchev–Trinajstić information content (AvgIpc) is 2.63.